The van der Waals surface area contributed by atoms with E-state index in [1.807, 2.05) is 13.0 Å². The smallest absolute Gasteiger partial charge is 0.122 e. The fourth-order valence-electron chi connectivity index (χ4n) is 2.68. The third kappa shape index (κ3) is 2.97. The Morgan fingerprint density at radius 2 is 2.05 bits per heavy atom. The Kier molecular flexibility index (Phi) is 5.02. The van der Waals surface area contributed by atoms with Gasteiger partial charge in [0.1, 0.15) is 5.75 Å². The number of benzene rings is 1. The Morgan fingerprint density at radius 3 is 2.65 bits per heavy atom. The van der Waals surface area contributed by atoms with E-state index in [1.165, 1.54) is 11.1 Å². The van der Waals surface area contributed by atoms with Gasteiger partial charge in [-0.1, -0.05) is 26.0 Å². The average molecular weight is 279 g/mol. The van der Waals surface area contributed by atoms with E-state index in [2.05, 4.69) is 24.4 Å². The topological polar surface area (TPSA) is 61.7 Å². The largest absolute Gasteiger partial charge is 0.493 e. The first-order valence-electron chi connectivity index (χ1n) is 7.43. The molecule has 1 aromatic rings. The molecular formula is C16H25NO3. The number of aliphatic hydroxyl groups is 2. The van der Waals surface area contributed by atoms with E-state index >= 15 is 0 Å². The van der Waals surface area contributed by atoms with Crippen molar-refractivity contribution in [3.8, 4) is 5.75 Å². The van der Waals surface area contributed by atoms with E-state index in [0.29, 0.717) is 6.42 Å². The molecule has 0 saturated heterocycles. The maximum Gasteiger partial charge on any atom is 0.122 e. The van der Waals surface area contributed by atoms with Crippen LogP contribution in [0.1, 0.15) is 43.9 Å². The number of rotatable bonds is 7. The van der Waals surface area contributed by atoms with E-state index in [1.54, 1.807) is 0 Å². The molecule has 1 atom stereocenters. The van der Waals surface area contributed by atoms with Crippen molar-refractivity contribution in [3.05, 3.63) is 29.3 Å². The lowest BCUT2D eigenvalue weighted by Gasteiger charge is -2.34. The maximum atomic E-state index is 9.58. The Bertz CT molecular complexity index is 435. The second kappa shape index (κ2) is 6.57. The zero-order chi connectivity index (χ0) is 14.6. The molecule has 0 aliphatic carbocycles. The molecule has 0 saturated carbocycles. The summed E-state index contributed by atoms with van der Waals surface area (Å²) in [5, 5.41) is 22.6. The van der Waals surface area contributed by atoms with Crippen LogP contribution in [0.4, 0.5) is 0 Å². The van der Waals surface area contributed by atoms with Crippen molar-refractivity contribution in [1.82, 2.24) is 5.32 Å². The van der Waals surface area contributed by atoms with Gasteiger partial charge in [0.15, 0.2) is 0 Å². The third-order valence-electron chi connectivity index (χ3n) is 4.29. The molecule has 112 valence electrons. The molecule has 1 aromatic carbocycles. The highest BCUT2D eigenvalue weighted by Gasteiger charge is 2.29. The molecule has 20 heavy (non-hydrogen) atoms. The van der Waals surface area contributed by atoms with Gasteiger partial charge in [-0.2, -0.15) is 0 Å². The quantitative estimate of drug-likeness (QED) is 0.712. The first-order chi connectivity index (χ1) is 9.68. The fourth-order valence-corrected chi connectivity index (χ4v) is 2.68. The summed E-state index contributed by atoms with van der Waals surface area (Å²) in [6, 6.07) is 6.40. The van der Waals surface area contributed by atoms with Crippen LogP contribution in [-0.4, -0.2) is 35.6 Å². The van der Waals surface area contributed by atoms with Crippen LogP contribution in [0, 0.1) is 0 Å². The van der Waals surface area contributed by atoms with E-state index in [-0.39, 0.29) is 19.3 Å². The summed E-state index contributed by atoms with van der Waals surface area (Å²) in [5.74, 6) is 0.981. The molecule has 1 aliphatic rings. The summed E-state index contributed by atoms with van der Waals surface area (Å²) in [6.07, 6.45) is 2.55. The lowest BCUT2D eigenvalue weighted by molar-refractivity contribution is 0.0768. The van der Waals surface area contributed by atoms with E-state index < -0.39 is 5.54 Å². The van der Waals surface area contributed by atoms with Gasteiger partial charge in [0, 0.05) is 12.5 Å². The van der Waals surface area contributed by atoms with Crippen molar-refractivity contribution < 1.29 is 14.9 Å². The van der Waals surface area contributed by atoms with E-state index in [9.17, 15) is 10.2 Å². The van der Waals surface area contributed by atoms with E-state index in [0.717, 1.165) is 25.2 Å². The van der Waals surface area contributed by atoms with Crippen LogP contribution in [0.3, 0.4) is 0 Å². The van der Waals surface area contributed by atoms with Crippen LogP contribution in [0.15, 0.2) is 18.2 Å². The minimum absolute atomic E-state index is 0.0649. The van der Waals surface area contributed by atoms with Crippen LogP contribution in [0.25, 0.3) is 0 Å². The van der Waals surface area contributed by atoms with Crippen LogP contribution in [-0.2, 0) is 6.42 Å². The molecule has 4 heteroatoms. The molecular weight excluding hydrogens is 254 g/mol. The summed E-state index contributed by atoms with van der Waals surface area (Å²) in [5.41, 5.74) is 1.82. The Hall–Kier alpha value is -1.10. The Morgan fingerprint density at radius 1 is 1.30 bits per heavy atom. The van der Waals surface area contributed by atoms with Crippen molar-refractivity contribution in [2.75, 3.05) is 19.8 Å². The van der Waals surface area contributed by atoms with Gasteiger partial charge in [-0.05, 0) is 30.0 Å². The molecule has 1 heterocycles. The van der Waals surface area contributed by atoms with Gasteiger partial charge >= 0.3 is 0 Å². The zero-order valence-corrected chi connectivity index (χ0v) is 12.4. The molecule has 1 unspecified atom stereocenters. The SMILES string of the molecule is CCC(NC(CC)(CO)CO)c1ccc2c(c1)CCO2. The summed E-state index contributed by atoms with van der Waals surface area (Å²) >= 11 is 0. The minimum Gasteiger partial charge on any atom is -0.493 e. The molecule has 0 fully saturated rings. The number of hydrogen-bond donors (Lipinski definition) is 3. The van der Waals surface area contributed by atoms with Gasteiger partial charge in [0.05, 0.1) is 25.4 Å². The molecule has 3 N–H and O–H groups in total. The predicted molar refractivity (Wildman–Crippen MR) is 79.0 cm³/mol. The number of hydrogen-bond acceptors (Lipinski definition) is 4. The Labute approximate surface area is 120 Å². The first kappa shape index (κ1) is 15.3. The lowest BCUT2D eigenvalue weighted by Crippen LogP contribution is -2.52. The highest BCUT2D eigenvalue weighted by Crippen LogP contribution is 2.30. The minimum atomic E-state index is -0.615. The summed E-state index contributed by atoms with van der Waals surface area (Å²) in [7, 11) is 0. The standard InChI is InChI=1S/C16H25NO3/c1-3-14(17-16(4-2,10-18)11-19)12-5-6-15-13(9-12)7-8-20-15/h5-6,9,14,17-19H,3-4,7-8,10-11H2,1-2H3. The molecule has 0 spiro atoms. The molecule has 0 radical (unpaired) electrons. The number of ether oxygens (including phenoxy) is 1. The highest BCUT2D eigenvalue weighted by atomic mass is 16.5. The van der Waals surface area contributed by atoms with Gasteiger partial charge in [0.25, 0.3) is 0 Å². The van der Waals surface area contributed by atoms with E-state index in [4.69, 9.17) is 4.74 Å². The fraction of sp³-hybridized carbons (Fsp3) is 0.625. The molecule has 1 aliphatic heterocycles. The molecule has 0 amide bonds. The second-order valence-corrected chi connectivity index (χ2v) is 5.52. The van der Waals surface area contributed by atoms with Gasteiger partial charge in [-0.3, -0.25) is 0 Å². The second-order valence-electron chi connectivity index (χ2n) is 5.52. The van der Waals surface area contributed by atoms with Gasteiger partial charge in [-0.25, -0.2) is 0 Å². The van der Waals surface area contributed by atoms with Crippen LogP contribution in [0.5, 0.6) is 5.75 Å². The monoisotopic (exact) mass is 279 g/mol. The van der Waals surface area contributed by atoms with Crippen molar-refractivity contribution in [3.63, 3.8) is 0 Å². The lowest BCUT2D eigenvalue weighted by atomic mass is 9.93. The summed E-state index contributed by atoms with van der Waals surface area (Å²) in [4.78, 5) is 0. The molecule has 2 rings (SSSR count). The first-order valence-corrected chi connectivity index (χ1v) is 7.43. The summed E-state index contributed by atoms with van der Waals surface area (Å²) in [6.45, 7) is 4.71. The summed E-state index contributed by atoms with van der Waals surface area (Å²) < 4.78 is 5.53. The number of fused-ring (bicyclic) bond motifs is 1. The molecule has 4 nitrogen and oxygen atoms in total. The molecule has 0 bridgehead atoms. The van der Waals surface area contributed by atoms with Gasteiger partial charge < -0.3 is 20.3 Å². The number of aliphatic hydroxyl groups excluding tert-OH is 2. The maximum absolute atomic E-state index is 9.58. The van der Waals surface area contributed by atoms with Crippen LogP contribution >= 0.6 is 0 Å². The predicted octanol–water partition coefficient (Wildman–Crippen LogP) is 1.80. The average Bonchev–Trinajstić information content (AvgIpc) is 2.97. The van der Waals surface area contributed by atoms with Gasteiger partial charge in [-0.15, -0.1) is 0 Å². The third-order valence-corrected chi connectivity index (χ3v) is 4.29. The van der Waals surface area contributed by atoms with Crippen LogP contribution in [0.2, 0.25) is 0 Å². The van der Waals surface area contributed by atoms with Crippen molar-refractivity contribution in [2.45, 2.75) is 44.7 Å². The zero-order valence-electron chi connectivity index (χ0n) is 12.4. The van der Waals surface area contributed by atoms with Crippen molar-refractivity contribution in [1.29, 1.82) is 0 Å². The van der Waals surface area contributed by atoms with Crippen LogP contribution < -0.4 is 10.1 Å². The highest BCUT2D eigenvalue weighted by molar-refractivity contribution is 5.40. The molecule has 0 aromatic heterocycles. The van der Waals surface area contributed by atoms with Crippen molar-refractivity contribution in [2.24, 2.45) is 0 Å². The number of nitrogens with one attached hydrogen (secondary N) is 1. The Balaban J connectivity index is 2.19. The van der Waals surface area contributed by atoms with Crippen molar-refractivity contribution >= 4 is 0 Å². The van der Waals surface area contributed by atoms with Gasteiger partial charge in [0.2, 0.25) is 0 Å². The normalized spacial score (nSPS) is 15.8.